The molecule has 8 aromatic rings. The first-order chi connectivity index (χ1) is 30.0. The largest absolute Gasteiger partial charge is 1.00 e. The number of carbonyl (C=O) groups is 2. The number of benzene rings is 8. The third kappa shape index (κ3) is 12.6. The van der Waals surface area contributed by atoms with Gasteiger partial charge in [-0.15, -0.1) is 0 Å². The van der Waals surface area contributed by atoms with Crippen molar-refractivity contribution < 1.29 is 36.0 Å². The third-order valence-corrected chi connectivity index (χ3v) is 17.4. The van der Waals surface area contributed by atoms with Gasteiger partial charge >= 0.3 is 11.9 Å². The fourth-order valence-corrected chi connectivity index (χ4v) is 13.9. The molecule has 0 aliphatic carbocycles. The number of carbonyl (C=O) groups excluding carboxylic acids is 2. The normalized spacial score (nSPS) is 10.5. The molecule has 0 radical (unpaired) electrons. The summed E-state index contributed by atoms with van der Waals surface area (Å²) < 4.78 is 9.53. The van der Waals surface area contributed by atoms with Crippen molar-refractivity contribution in [1.29, 1.82) is 0 Å². The number of rotatable bonds is 11. The van der Waals surface area contributed by atoms with E-state index in [4.69, 9.17) is 4.74 Å². The maximum Gasteiger partial charge on any atom is 0.337 e. The van der Waals surface area contributed by atoms with E-state index in [0.29, 0.717) is 11.1 Å². The van der Waals surface area contributed by atoms with E-state index in [1.165, 1.54) is 46.0 Å². The van der Waals surface area contributed by atoms with Crippen LogP contribution in [0, 0.1) is 0 Å². The van der Waals surface area contributed by atoms with Crippen LogP contribution in [0.5, 0.6) is 0 Å². The molecule has 0 heterocycles. The van der Waals surface area contributed by atoms with E-state index in [1.807, 2.05) is 30.3 Å². The van der Waals surface area contributed by atoms with Crippen molar-refractivity contribution in [3.05, 3.63) is 253 Å². The highest BCUT2D eigenvalue weighted by molar-refractivity contribution is 9.08. The van der Waals surface area contributed by atoms with Gasteiger partial charge < -0.3 is 26.5 Å². The minimum Gasteiger partial charge on any atom is -1.00 e. The molecule has 0 fully saturated rings. The molecule has 0 amide bonds. The van der Waals surface area contributed by atoms with Crippen molar-refractivity contribution in [2.24, 2.45) is 0 Å². The second-order valence-electron chi connectivity index (χ2n) is 13.8. The highest BCUT2D eigenvalue weighted by Gasteiger charge is 2.45. The van der Waals surface area contributed by atoms with Crippen molar-refractivity contribution >= 4 is 74.9 Å². The van der Waals surface area contributed by atoms with Gasteiger partial charge in [0.05, 0.1) is 31.5 Å². The molecule has 0 saturated carbocycles. The van der Waals surface area contributed by atoms with Crippen molar-refractivity contribution in [2.45, 2.75) is 11.5 Å². The quantitative estimate of drug-likeness (QED) is 0.0756. The SMILES string of the molecule is COC(=O)c1cccc(CBr)c1.COC(=O)c1cccc(C[P+](c2ccccc2)(c2ccccc2)c2ccccc2)c1.[Br-].c1ccc(P(c2ccccc2)c2ccccc2)cc1. The summed E-state index contributed by atoms with van der Waals surface area (Å²) in [6, 6.07) is 79.7. The van der Waals surface area contributed by atoms with Crippen LogP contribution in [0.4, 0.5) is 0 Å². The first kappa shape index (κ1) is 47.6. The zero-order valence-corrected chi connectivity index (χ0v) is 39.6. The Hall–Kier alpha value is -5.48. The van der Waals surface area contributed by atoms with Crippen molar-refractivity contribution in [2.75, 3.05) is 14.2 Å². The summed E-state index contributed by atoms with van der Waals surface area (Å²) in [5, 5.41) is 8.92. The first-order valence-electron chi connectivity index (χ1n) is 19.9. The minimum absolute atomic E-state index is 0. The van der Waals surface area contributed by atoms with E-state index >= 15 is 0 Å². The van der Waals surface area contributed by atoms with Crippen LogP contribution in [0.25, 0.3) is 0 Å². The second kappa shape index (κ2) is 24.8. The van der Waals surface area contributed by atoms with Gasteiger partial charge in [-0.3, -0.25) is 0 Å². The molecule has 0 aliphatic rings. The molecule has 0 saturated heterocycles. The van der Waals surface area contributed by atoms with Gasteiger partial charge in [0.1, 0.15) is 23.2 Å². The average molecular weight is 983 g/mol. The molecule has 8 aromatic carbocycles. The molecule has 8 rings (SSSR count). The highest BCUT2D eigenvalue weighted by Crippen LogP contribution is 2.58. The van der Waals surface area contributed by atoms with E-state index in [1.54, 1.807) is 12.1 Å². The van der Waals surface area contributed by atoms with E-state index in [0.717, 1.165) is 22.6 Å². The van der Waals surface area contributed by atoms with Gasteiger partial charge in [-0.2, -0.15) is 0 Å². The maximum atomic E-state index is 12.1. The average Bonchev–Trinajstić information content (AvgIpc) is 3.35. The van der Waals surface area contributed by atoms with Crippen LogP contribution in [0.2, 0.25) is 0 Å². The topological polar surface area (TPSA) is 52.6 Å². The zero-order chi connectivity index (χ0) is 42.7. The lowest BCUT2D eigenvalue weighted by Gasteiger charge is -2.28. The molecule has 0 aliphatic heterocycles. The number of methoxy groups -OCH3 is 2. The lowest BCUT2D eigenvalue weighted by molar-refractivity contribution is -0.0000400. The summed E-state index contributed by atoms with van der Waals surface area (Å²) in [4.78, 5) is 23.2. The predicted molar refractivity (Wildman–Crippen MR) is 262 cm³/mol. The molecule has 0 atom stereocenters. The maximum absolute atomic E-state index is 12.1. The Balaban J connectivity index is 0.000000194. The molecule has 0 aromatic heterocycles. The van der Waals surface area contributed by atoms with Gasteiger partial charge in [-0.1, -0.05) is 186 Å². The van der Waals surface area contributed by atoms with Gasteiger partial charge in [0.2, 0.25) is 0 Å². The van der Waals surface area contributed by atoms with Crippen LogP contribution in [0.3, 0.4) is 0 Å². The Morgan fingerprint density at radius 3 is 1.06 bits per heavy atom. The molecule has 0 spiro atoms. The lowest BCUT2D eigenvalue weighted by atomic mass is 10.1. The number of hydrogen-bond donors (Lipinski definition) is 0. The molecule has 4 nitrogen and oxygen atoms in total. The monoisotopic (exact) mass is 980 g/mol. The Bertz CT molecular complexity index is 2360. The van der Waals surface area contributed by atoms with Crippen molar-refractivity contribution in [3.63, 3.8) is 0 Å². The summed E-state index contributed by atoms with van der Waals surface area (Å²) in [7, 11) is 0.367. The van der Waals surface area contributed by atoms with E-state index in [9.17, 15) is 9.59 Å². The molecule has 0 N–H and O–H groups in total. The second-order valence-corrected chi connectivity index (χ2v) is 20.1. The molecule has 312 valence electrons. The molecule has 0 unspecified atom stereocenters. The Kier molecular flexibility index (Phi) is 19.1. The summed E-state index contributed by atoms with van der Waals surface area (Å²) in [6.07, 6.45) is 0.829. The highest BCUT2D eigenvalue weighted by atomic mass is 79.9. The van der Waals surface area contributed by atoms with Gasteiger partial charge in [0.25, 0.3) is 0 Å². The Labute approximate surface area is 387 Å². The van der Waals surface area contributed by atoms with E-state index < -0.39 is 15.2 Å². The summed E-state index contributed by atoms with van der Waals surface area (Å²) in [5.74, 6) is -0.599. The number of esters is 2. The smallest absolute Gasteiger partial charge is 0.337 e. The zero-order valence-electron chi connectivity index (χ0n) is 34.6. The Morgan fingerprint density at radius 1 is 0.435 bits per heavy atom. The number of alkyl halides is 1. The van der Waals surface area contributed by atoms with E-state index in [2.05, 4.69) is 209 Å². The fourth-order valence-electron chi connectivity index (χ4n) is 7.03. The van der Waals surface area contributed by atoms with Crippen LogP contribution in [0.15, 0.2) is 231 Å². The van der Waals surface area contributed by atoms with Crippen LogP contribution in [-0.2, 0) is 21.0 Å². The van der Waals surface area contributed by atoms with Crippen LogP contribution < -0.4 is 48.8 Å². The van der Waals surface area contributed by atoms with Crippen molar-refractivity contribution in [1.82, 2.24) is 0 Å². The number of halogens is 2. The molecule has 8 heteroatoms. The Morgan fingerprint density at radius 2 is 0.742 bits per heavy atom. The first-order valence-corrected chi connectivity index (χ1v) is 24.3. The standard InChI is InChI=1S/C27H24O2P.C18H15P.C9H9BrO2.BrH/c1-29-27(28)23-13-11-12-22(20-23)21-30(24-14-5-2-6-15-24,25-16-7-3-8-17-25)26-18-9-4-10-19-26;1-4-10-16(11-5-1)19(17-12-6-2-7-13-17)18-14-8-3-9-15-18;1-12-9(11)8-4-2-3-7(5-8)6-10;/h2-20H,21H2,1H3;1-15H;2-5H,6H2,1H3;1H/q+1;;;/p-1. The van der Waals surface area contributed by atoms with Crippen LogP contribution in [-0.4, -0.2) is 26.2 Å². The van der Waals surface area contributed by atoms with Crippen LogP contribution >= 0.6 is 31.1 Å². The summed E-state index contributed by atoms with van der Waals surface area (Å²) in [6.45, 7) is 0. The van der Waals surface area contributed by atoms with Gasteiger partial charge in [-0.25, -0.2) is 9.59 Å². The molecular formula is C54H48Br2O4P2. The van der Waals surface area contributed by atoms with Crippen molar-refractivity contribution in [3.8, 4) is 0 Å². The van der Waals surface area contributed by atoms with Crippen LogP contribution in [0.1, 0.15) is 31.8 Å². The number of ether oxygens (including phenoxy) is 2. The summed E-state index contributed by atoms with van der Waals surface area (Å²) >= 11 is 3.31. The molecule has 62 heavy (non-hydrogen) atoms. The summed E-state index contributed by atoms with van der Waals surface area (Å²) in [5.41, 5.74) is 3.37. The molecular weight excluding hydrogens is 934 g/mol. The van der Waals surface area contributed by atoms with Gasteiger partial charge in [-0.05, 0) is 95.6 Å². The number of hydrogen-bond acceptors (Lipinski definition) is 4. The fraction of sp³-hybridized carbons (Fsp3) is 0.0741. The van der Waals surface area contributed by atoms with Gasteiger partial charge in [0.15, 0.2) is 0 Å². The van der Waals surface area contributed by atoms with E-state index in [-0.39, 0.29) is 28.9 Å². The lowest BCUT2D eigenvalue weighted by Crippen LogP contribution is -3.00. The molecule has 0 bridgehead atoms. The third-order valence-electron chi connectivity index (χ3n) is 9.90. The predicted octanol–water partition coefficient (Wildman–Crippen LogP) is 7.78. The van der Waals surface area contributed by atoms with Gasteiger partial charge in [0, 0.05) is 5.33 Å². The minimum atomic E-state index is -1.99.